The Bertz CT molecular complexity index is 1060. The summed E-state index contributed by atoms with van der Waals surface area (Å²) in [6.07, 6.45) is -0.613. The lowest BCUT2D eigenvalue weighted by Crippen LogP contribution is -2.25. The van der Waals surface area contributed by atoms with E-state index in [4.69, 9.17) is 23.2 Å². The Kier molecular flexibility index (Phi) is 4.40. The van der Waals surface area contributed by atoms with Crippen LogP contribution in [0.2, 0.25) is 10.0 Å². The maximum Gasteiger partial charge on any atom is 0.586 e. The quantitative estimate of drug-likeness (QED) is 0.643. The van der Waals surface area contributed by atoms with Gasteiger partial charge in [-0.1, -0.05) is 23.2 Å². The average Bonchev–Trinajstić information content (AvgIpc) is 3.11. The molecule has 10 heteroatoms. The van der Waals surface area contributed by atoms with Crippen molar-refractivity contribution >= 4 is 34.9 Å². The maximum atomic E-state index is 13.2. The summed E-state index contributed by atoms with van der Waals surface area (Å²) in [6.45, 7) is 0. The summed E-state index contributed by atoms with van der Waals surface area (Å²) in [5.41, 5.74) is 1.27. The predicted octanol–water partition coefficient (Wildman–Crippen LogP) is 4.97. The van der Waals surface area contributed by atoms with E-state index in [1.165, 1.54) is 18.3 Å². The van der Waals surface area contributed by atoms with Crippen LogP contribution in [0, 0.1) is 0 Å². The van der Waals surface area contributed by atoms with Crippen LogP contribution in [0.25, 0.3) is 11.1 Å². The van der Waals surface area contributed by atoms with Crippen LogP contribution in [0.3, 0.4) is 0 Å². The van der Waals surface area contributed by atoms with Crippen molar-refractivity contribution in [2.45, 2.75) is 6.29 Å². The summed E-state index contributed by atoms with van der Waals surface area (Å²) >= 11 is 12.2. The topological polar surface area (TPSA) is 65.4 Å². The molecule has 0 spiro atoms. The third-order valence-electron chi connectivity index (χ3n) is 4.05. The standard InChI is InChI=1S/C18H11Cl2F2N3O3/c1-25-5-4-11(19)16(25)17(26)24-15-3-2-9(8-23-15)10-6-13-14(7-12(10)20)28-18(21,22)27-13/h2-8H,1H3,(H,23,24,26). The highest BCUT2D eigenvalue weighted by molar-refractivity contribution is 6.34. The van der Waals surface area contributed by atoms with Gasteiger partial charge in [0, 0.05) is 36.6 Å². The van der Waals surface area contributed by atoms with E-state index in [-0.39, 0.29) is 22.3 Å². The minimum Gasteiger partial charge on any atom is -0.395 e. The molecule has 1 aliphatic rings. The number of carbonyl (C=O) groups excluding carboxylic acids is 1. The fraction of sp³-hybridized carbons (Fsp3) is 0.111. The molecule has 0 atom stereocenters. The lowest BCUT2D eigenvalue weighted by atomic mass is 10.1. The van der Waals surface area contributed by atoms with E-state index in [0.29, 0.717) is 21.8 Å². The van der Waals surface area contributed by atoms with Crippen molar-refractivity contribution in [1.82, 2.24) is 9.55 Å². The number of alkyl halides is 2. The minimum absolute atomic E-state index is 0.125. The molecule has 1 N–H and O–H groups in total. The molecule has 0 radical (unpaired) electrons. The van der Waals surface area contributed by atoms with Crippen LogP contribution in [0.5, 0.6) is 11.5 Å². The average molecular weight is 426 g/mol. The molecule has 4 rings (SSSR count). The van der Waals surface area contributed by atoms with E-state index in [2.05, 4.69) is 19.8 Å². The third-order valence-corrected chi connectivity index (χ3v) is 4.66. The van der Waals surface area contributed by atoms with Crippen LogP contribution >= 0.6 is 23.2 Å². The van der Waals surface area contributed by atoms with Crippen LogP contribution in [-0.4, -0.2) is 21.8 Å². The van der Waals surface area contributed by atoms with E-state index in [1.807, 2.05) is 0 Å². The number of aryl methyl sites for hydroxylation is 1. The van der Waals surface area contributed by atoms with Gasteiger partial charge in [-0.05, 0) is 24.3 Å². The molecule has 0 saturated heterocycles. The number of amides is 1. The first-order valence-electron chi connectivity index (χ1n) is 7.91. The van der Waals surface area contributed by atoms with Gasteiger partial charge in [-0.25, -0.2) is 4.98 Å². The first-order chi connectivity index (χ1) is 13.2. The van der Waals surface area contributed by atoms with Gasteiger partial charge < -0.3 is 19.4 Å². The van der Waals surface area contributed by atoms with Crippen molar-refractivity contribution < 1.29 is 23.0 Å². The zero-order valence-corrected chi connectivity index (χ0v) is 15.7. The van der Waals surface area contributed by atoms with Crippen LogP contribution in [0.4, 0.5) is 14.6 Å². The highest BCUT2D eigenvalue weighted by atomic mass is 35.5. The number of nitrogens with one attached hydrogen (secondary N) is 1. The lowest BCUT2D eigenvalue weighted by molar-refractivity contribution is -0.286. The summed E-state index contributed by atoms with van der Waals surface area (Å²) in [5, 5.41) is 3.15. The number of hydrogen-bond donors (Lipinski definition) is 1. The van der Waals surface area contributed by atoms with Gasteiger partial charge in [-0.15, -0.1) is 8.78 Å². The number of pyridine rings is 1. The smallest absolute Gasteiger partial charge is 0.395 e. The number of aromatic nitrogens is 2. The maximum absolute atomic E-state index is 13.2. The first kappa shape index (κ1) is 18.5. The number of ether oxygens (including phenoxy) is 2. The fourth-order valence-electron chi connectivity index (χ4n) is 2.76. The van der Waals surface area contributed by atoms with Gasteiger partial charge in [0.05, 0.1) is 10.0 Å². The molecule has 28 heavy (non-hydrogen) atoms. The van der Waals surface area contributed by atoms with Gasteiger partial charge in [0.1, 0.15) is 11.5 Å². The van der Waals surface area contributed by atoms with Crippen LogP contribution in [-0.2, 0) is 7.05 Å². The third kappa shape index (κ3) is 3.36. The minimum atomic E-state index is -3.73. The zero-order valence-electron chi connectivity index (χ0n) is 14.2. The van der Waals surface area contributed by atoms with Crippen LogP contribution < -0.4 is 14.8 Å². The molecule has 0 unspecified atom stereocenters. The van der Waals surface area contributed by atoms with E-state index in [9.17, 15) is 13.6 Å². The van der Waals surface area contributed by atoms with Crippen molar-refractivity contribution in [1.29, 1.82) is 0 Å². The first-order valence-corrected chi connectivity index (χ1v) is 8.67. The monoisotopic (exact) mass is 425 g/mol. The Balaban J connectivity index is 1.57. The second-order valence-electron chi connectivity index (χ2n) is 5.96. The Morgan fingerprint density at radius 1 is 1.14 bits per heavy atom. The van der Waals surface area contributed by atoms with Gasteiger partial charge in [0.15, 0.2) is 11.5 Å². The number of rotatable bonds is 3. The number of fused-ring (bicyclic) bond motifs is 1. The number of benzene rings is 1. The van der Waals surface area contributed by atoms with Crippen molar-refractivity contribution in [3.8, 4) is 22.6 Å². The van der Waals surface area contributed by atoms with Crippen molar-refractivity contribution in [2.24, 2.45) is 7.05 Å². The SMILES string of the molecule is Cn1ccc(Cl)c1C(=O)Nc1ccc(-c2cc3c(cc2Cl)OC(F)(F)O3)cn1. The summed E-state index contributed by atoms with van der Waals surface area (Å²) in [4.78, 5) is 16.5. The Morgan fingerprint density at radius 3 is 2.46 bits per heavy atom. The Hall–Kier alpha value is -2.84. The Morgan fingerprint density at radius 2 is 1.86 bits per heavy atom. The molecule has 144 valence electrons. The normalized spacial score (nSPS) is 14.2. The summed E-state index contributed by atoms with van der Waals surface area (Å²) in [7, 11) is 1.70. The molecule has 1 aromatic carbocycles. The second kappa shape index (κ2) is 6.65. The van der Waals surface area contributed by atoms with Gasteiger partial charge >= 0.3 is 6.29 Å². The molecule has 0 aliphatic carbocycles. The number of carbonyl (C=O) groups is 1. The molecule has 0 bridgehead atoms. The summed E-state index contributed by atoms with van der Waals surface area (Å²) < 4.78 is 36.8. The van der Waals surface area contributed by atoms with Crippen LogP contribution in [0.15, 0.2) is 42.7 Å². The molecule has 1 aliphatic heterocycles. The van der Waals surface area contributed by atoms with E-state index >= 15 is 0 Å². The van der Waals surface area contributed by atoms with Crippen LogP contribution in [0.1, 0.15) is 10.5 Å². The summed E-state index contributed by atoms with van der Waals surface area (Å²) in [5.74, 6) is -0.398. The molecule has 6 nitrogen and oxygen atoms in total. The number of hydrogen-bond acceptors (Lipinski definition) is 4. The van der Waals surface area contributed by atoms with E-state index in [1.54, 1.807) is 36.0 Å². The highest BCUT2D eigenvalue weighted by Crippen LogP contribution is 2.46. The number of halogens is 4. The number of anilines is 1. The van der Waals surface area contributed by atoms with Crippen molar-refractivity contribution in [3.63, 3.8) is 0 Å². The highest BCUT2D eigenvalue weighted by Gasteiger charge is 2.43. The largest absolute Gasteiger partial charge is 0.586 e. The zero-order chi connectivity index (χ0) is 20.1. The van der Waals surface area contributed by atoms with Gasteiger partial charge in [-0.3, -0.25) is 4.79 Å². The van der Waals surface area contributed by atoms with Gasteiger partial charge in [0.25, 0.3) is 5.91 Å². The molecule has 3 aromatic rings. The second-order valence-corrected chi connectivity index (χ2v) is 6.77. The van der Waals surface area contributed by atoms with Gasteiger partial charge in [-0.2, -0.15) is 0 Å². The van der Waals surface area contributed by atoms with E-state index < -0.39 is 12.2 Å². The molecular weight excluding hydrogens is 415 g/mol. The molecule has 0 fully saturated rings. The fourth-order valence-corrected chi connectivity index (χ4v) is 3.30. The van der Waals surface area contributed by atoms with Crippen molar-refractivity contribution in [2.75, 3.05) is 5.32 Å². The predicted molar refractivity (Wildman–Crippen MR) is 99.3 cm³/mol. The Labute approximate surface area is 167 Å². The van der Waals surface area contributed by atoms with Crippen molar-refractivity contribution in [3.05, 3.63) is 58.5 Å². The molecule has 2 aromatic heterocycles. The molecule has 0 saturated carbocycles. The lowest BCUT2D eigenvalue weighted by Gasteiger charge is -2.09. The molecule has 3 heterocycles. The molecular formula is C18H11Cl2F2N3O3. The number of nitrogens with zero attached hydrogens (tertiary/aromatic N) is 2. The summed E-state index contributed by atoms with van der Waals surface area (Å²) in [6, 6.07) is 7.40. The van der Waals surface area contributed by atoms with E-state index in [0.717, 1.165) is 0 Å². The molecule has 1 amide bonds. The van der Waals surface area contributed by atoms with Gasteiger partial charge in [0.2, 0.25) is 0 Å².